The number of halogens is 1. The number of hydrogen-bond acceptors (Lipinski definition) is 3. The lowest BCUT2D eigenvalue weighted by atomic mass is 10.0. The number of rotatable bonds is 3. The van der Waals surface area contributed by atoms with Gasteiger partial charge < -0.3 is 4.57 Å². The molecule has 0 saturated carbocycles. The number of hydrogen-bond donors (Lipinski definition) is 0. The highest BCUT2D eigenvalue weighted by atomic mass is 35.7. The number of aromatic nitrogens is 1. The van der Waals surface area contributed by atoms with Gasteiger partial charge in [0.15, 0.2) is 10.8 Å². The van der Waals surface area contributed by atoms with Gasteiger partial charge in [0.1, 0.15) is 0 Å². The summed E-state index contributed by atoms with van der Waals surface area (Å²) in [4.78, 5) is 11.6. The third kappa shape index (κ3) is 2.60. The van der Waals surface area contributed by atoms with Crippen molar-refractivity contribution in [3.8, 4) is 0 Å². The Balaban J connectivity index is 3.24. The molecule has 0 spiro atoms. The molecule has 0 aliphatic carbocycles. The maximum Gasteiger partial charge on any atom is 0.276 e. The normalized spacial score (nSPS) is 12.1. The molecule has 0 aliphatic rings. The zero-order chi connectivity index (χ0) is 11.8. The smallest absolute Gasteiger partial charge is 0.276 e. The summed E-state index contributed by atoms with van der Waals surface area (Å²) in [6.45, 7) is 3.51. The van der Waals surface area contributed by atoms with E-state index in [1.807, 2.05) is 0 Å². The number of nitrogens with zero attached hydrogens (tertiary/aromatic N) is 1. The number of ketones is 1. The Morgan fingerprint density at radius 1 is 1.47 bits per heavy atom. The molecule has 1 heterocycles. The summed E-state index contributed by atoms with van der Waals surface area (Å²) in [5.41, 5.74) is 0.367. The molecule has 0 aliphatic heterocycles. The Bertz CT molecular complexity index is 487. The predicted molar refractivity (Wildman–Crippen MR) is 57.6 cm³/mol. The van der Waals surface area contributed by atoms with Gasteiger partial charge in [0.2, 0.25) is 0 Å². The van der Waals surface area contributed by atoms with Crippen molar-refractivity contribution in [1.29, 1.82) is 0 Å². The van der Waals surface area contributed by atoms with Crippen LogP contribution in [0.2, 0.25) is 0 Å². The van der Waals surface area contributed by atoms with Crippen LogP contribution in [0.5, 0.6) is 0 Å². The molecule has 0 atom stereocenters. The lowest BCUT2D eigenvalue weighted by Crippen LogP contribution is -2.05. The summed E-state index contributed by atoms with van der Waals surface area (Å²) in [6.07, 6.45) is 1.47. The van der Waals surface area contributed by atoms with Gasteiger partial charge in [-0.3, -0.25) is 4.79 Å². The van der Waals surface area contributed by atoms with Gasteiger partial charge in [-0.1, -0.05) is 13.8 Å². The molecule has 0 amide bonds. The molecule has 0 bridgehead atoms. The zero-order valence-electron chi connectivity index (χ0n) is 8.69. The van der Waals surface area contributed by atoms with Crippen molar-refractivity contribution in [3.05, 3.63) is 17.8 Å². The average Bonchev–Trinajstić information content (AvgIpc) is 2.44. The lowest BCUT2D eigenvalue weighted by Gasteiger charge is -1.98. The minimum Gasteiger partial charge on any atom is -0.340 e. The van der Waals surface area contributed by atoms with E-state index in [-0.39, 0.29) is 16.7 Å². The minimum atomic E-state index is -3.79. The van der Waals surface area contributed by atoms with Crippen LogP contribution in [0.15, 0.2) is 17.3 Å². The van der Waals surface area contributed by atoms with Gasteiger partial charge in [-0.05, 0) is 6.07 Å². The van der Waals surface area contributed by atoms with Gasteiger partial charge in [-0.15, -0.1) is 0 Å². The molecule has 4 nitrogen and oxygen atoms in total. The van der Waals surface area contributed by atoms with Crippen LogP contribution < -0.4 is 0 Å². The summed E-state index contributed by atoms with van der Waals surface area (Å²) in [7, 11) is 2.95. The van der Waals surface area contributed by atoms with Crippen molar-refractivity contribution in [1.82, 2.24) is 4.57 Å². The largest absolute Gasteiger partial charge is 0.340 e. The van der Waals surface area contributed by atoms with E-state index in [1.54, 1.807) is 13.8 Å². The molecule has 0 aromatic carbocycles. The number of Topliss-reactive ketones (excluding diaryl/α,β-unsaturated/α-hetero) is 1. The Hall–Kier alpha value is -0.810. The van der Waals surface area contributed by atoms with E-state index < -0.39 is 9.05 Å². The highest BCUT2D eigenvalue weighted by molar-refractivity contribution is 8.13. The van der Waals surface area contributed by atoms with Crippen molar-refractivity contribution in [2.24, 2.45) is 13.0 Å². The van der Waals surface area contributed by atoms with Crippen molar-refractivity contribution < 1.29 is 13.2 Å². The number of carbonyl (C=O) groups excluding carboxylic acids is 1. The predicted octanol–water partition coefficient (Wildman–Crippen LogP) is 1.79. The Morgan fingerprint density at radius 3 is 2.33 bits per heavy atom. The minimum absolute atomic E-state index is 0.0619. The fraction of sp³-hybridized carbons (Fsp3) is 0.444. The van der Waals surface area contributed by atoms with Crippen LogP contribution in [0.4, 0.5) is 0 Å². The molecule has 1 aromatic heterocycles. The van der Waals surface area contributed by atoms with Crippen molar-refractivity contribution in [2.45, 2.75) is 18.9 Å². The third-order valence-electron chi connectivity index (χ3n) is 2.02. The van der Waals surface area contributed by atoms with Crippen LogP contribution >= 0.6 is 10.7 Å². The quantitative estimate of drug-likeness (QED) is 0.606. The molecule has 1 rings (SSSR count). The topological polar surface area (TPSA) is 56.1 Å². The second-order valence-electron chi connectivity index (χ2n) is 3.63. The summed E-state index contributed by atoms with van der Waals surface area (Å²) >= 11 is 0. The van der Waals surface area contributed by atoms with Gasteiger partial charge in [0.05, 0.1) is 0 Å². The molecule has 0 N–H and O–H groups in total. The average molecular weight is 250 g/mol. The standard InChI is InChI=1S/C9H12ClNO3S/c1-6(2)9(12)7-4-8(11(3)5-7)15(10,13)14/h4-6H,1-3H3. The van der Waals surface area contributed by atoms with Crippen molar-refractivity contribution >= 4 is 25.5 Å². The van der Waals surface area contributed by atoms with Gasteiger partial charge in [-0.2, -0.15) is 0 Å². The summed E-state index contributed by atoms with van der Waals surface area (Å²) in [6, 6.07) is 1.30. The van der Waals surface area contributed by atoms with Gasteiger partial charge in [0.25, 0.3) is 9.05 Å². The molecular weight excluding hydrogens is 238 g/mol. The summed E-state index contributed by atoms with van der Waals surface area (Å²) < 4.78 is 23.5. The number of aryl methyl sites for hydroxylation is 1. The first kappa shape index (κ1) is 12.3. The van der Waals surface area contributed by atoms with E-state index in [1.165, 1.54) is 23.9 Å². The Morgan fingerprint density at radius 2 is 2.00 bits per heavy atom. The molecule has 6 heteroatoms. The summed E-state index contributed by atoms with van der Waals surface area (Å²) in [5, 5.41) is -0.0619. The second kappa shape index (κ2) is 3.98. The molecule has 0 fully saturated rings. The molecule has 1 aromatic rings. The van der Waals surface area contributed by atoms with E-state index in [4.69, 9.17) is 10.7 Å². The van der Waals surface area contributed by atoms with E-state index in [0.29, 0.717) is 5.56 Å². The van der Waals surface area contributed by atoms with Crippen LogP contribution in [-0.2, 0) is 16.1 Å². The monoisotopic (exact) mass is 249 g/mol. The van der Waals surface area contributed by atoms with Crippen LogP contribution in [0.1, 0.15) is 24.2 Å². The molecule has 15 heavy (non-hydrogen) atoms. The van der Waals surface area contributed by atoms with E-state index in [9.17, 15) is 13.2 Å². The van der Waals surface area contributed by atoms with Gasteiger partial charge in [-0.25, -0.2) is 8.42 Å². The van der Waals surface area contributed by atoms with Crippen LogP contribution in [0, 0.1) is 5.92 Å². The van der Waals surface area contributed by atoms with Gasteiger partial charge >= 0.3 is 0 Å². The van der Waals surface area contributed by atoms with Crippen LogP contribution in [-0.4, -0.2) is 18.8 Å². The molecule has 0 radical (unpaired) electrons. The zero-order valence-corrected chi connectivity index (χ0v) is 10.3. The van der Waals surface area contributed by atoms with E-state index in [0.717, 1.165) is 0 Å². The Labute approximate surface area is 93.3 Å². The fourth-order valence-corrected chi connectivity index (χ4v) is 2.38. The molecule has 0 saturated heterocycles. The van der Waals surface area contributed by atoms with Crippen LogP contribution in [0.3, 0.4) is 0 Å². The van der Waals surface area contributed by atoms with Crippen molar-refractivity contribution in [3.63, 3.8) is 0 Å². The van der Waals surface area contributed by atoms with E-state index in [2.05, 4.69) is 0 Å². The number of carbonyl (C=O) groups is 1. The highest BCUT2D eigenvalue weighted by Gasteiger charge is 2.20. The van der Waals surface area contributed by atoms with Crippen LogP contribution in [0.25, 0.3) is 0 Å². The SMILES string of the molecule is CC(C)C(=O)c1cc(S(=O)(=O)Cl)n(C)c1. The maximum absolute atomic E-state index is 11.6. The third-order valence-corrected chi connectivity index (χ3v) is 3.40. The lowest BCUT2D eigenvalue weighted by molar-refractivity contribution is 0.0939. The van der Waals surface area contributed by atoms with Gasteiger partial charge in [0, 0.05) is 35.4 Å². The second-order valence-corrected chi connectivity index (χ2v) is 6.15. The molecule has 84 valence electrons. The molecule has 0 unspecified atom stereocenters. The first-order chi connectivity index (χ1) is 6.73. The van der Waals surface area contributed by atoms with Crippen molar-refractivity contribution in [2.75, 3.05) is 0 Å². The maximum atomic E-state index is 11.6. The first-order valence-corrected chi connectivity index (χ1v) is 6.69. The first-order valence-electron chi connectivity index (χ1n) is 4.38. The fourth-order valence-electron chi connectivity index (χ4n) is 1.25. The Kier molecular flexibility index (Phi) is 3.25. The highest BCUT2D eigenvalue weighted by Crippen LogP contribution is 2.19. The van der Waals surface area contributed by atoms with E-state index >= 15 is 0 Å². The molecular formula is C9H12ClNO3S. The summed E-state index contributed by atoms with van der Waals surface area (Å²) in [5.74, 6) is -0.268.